The second kappa shape index (κ2) is 7.54. The van der Waals surface area contributed by atoms with Crippen LogP contribution in [0.25, 0.3) is 0 Å². The second-order valence-electron chi connectivity index (χ2n) is 7.00. The molecule has 1 aliphatic rings. The molecule has 146 valence electrons. The maximum absolute atomic E-state index is 12.9. The Morgan fingerprint density at radius 2 is 1.48 bits per heavy atom. The topological polar surface area (TPSA) is 71.5 Å². The molecule has 0 amide bonds. The number of hydrogen-bond donors (Lipinski definition) is 0. The van der Waals surface area contributed by atoms with Gasteiger partial charge in [0, 0.05) is 18.1 Å². The van der Waals surface area contributed by atoms with Crippen molar-refractivity contribution in [3.8, 4) is 0 Å². The summed E-state index contributed by atoms with van der Waals surface area (Å²) in [6.07, 6.45) is 0.272. The van der Waals surface area contributed by atoms with Crippen molar-refractivity contribution in [1.82, 2.24) is 4.31 Å². The van der Waals surface area contributed by atoms with Crippen molar-refractivity contribution in [3.05, 3.63) is 59.1 Å². The molecule has 0 spiro atoms. The molecule has 3 rings (SSSR count). The number of rotatable bonds is 5. The maximum atomic E-state index is 12.9. The van der Waals surface area contributed by atoms with Crippen LogP contribution in [0, 0.1) is 0 Å². The first kappa shape index (κ1) is 20.3. The van der Waals surface area contributed by atoms with Gasteiger partial charge in [0.2, 0.25) is 10.0 Å². The molecule has 1 unspecified atom stereocenters. The standard InChI is InChI=1S/C19H22ClNO4S2/c1-14(2)15-3-7-18(8-4-15)27(24,25)21-12-11-19(13-21)26(22,23)17-9-5-16(20)6-10-17/h3-10,14,19H,11-13H2,1-2H3. The molecule has 0 bridgehead atoms. The Balaban J connectivity index is 1.81. The zero-order valence-electron chi connectivity index (χ0n) is 15.2. The molecule has 5 nitrogen and oxygen atoms in total. The highest BCUT2D eigenvalue weighted by atomic mass is 35.5. The van der Waals surface area contributed by atoms with Crippen molar-refractivity contribution < 1.29 is 16.8 Å². The van der Waals surface area contributed by atoms with Gasteiger partial charge in [0.1, 0.15) is 0 Å². The van der Waals surface area contributed by atoms with Gasteiger partial charge >= 0.3 is 0 Å². The van der Waals surface area contributed by atoms with E-state index in [9.17, 15) is 16.8 Å². The van der Waals surface area contributed by atoms with Gasteiger partial charge in [-0.2, -0.15) is 4.31 Å². The number of halogens is 1. The third kappa shape index (κ3) is 4.06. The lowest BCUT2D eigenvalue weighted by molar-refractivity contribution is 0.476. The van der Waals surface area contributed by atoms with Crippen LogP contribution >= 0.6 is 11.6 Å². The average molecular weight is 428 g/mol. The quantitative estimate of drug-likeness (QED) is 0.729. The SMILES string of the molecule is CC(C)c1ccc(S(=O)(=O)N2CCC(S(=O)(=O)c3ccc(Cl)cc3)C2)cc1. The van der Waals surface area contributed by atoms with Gasteiger partial charge in [0.25, 0.3) is 0 Å². The molecule has 0 aromatic heterocycles. The number of sulfone groups is 1. The van der Waals surface area contributed by atoms with Gasteiger partial charge in [-0.3, -0.25) is 0 Å². The predicted molar refractivity (Wildman–Crippen MR) is 106 cm³/mol. The Morgan fingerprint density at radius 3 is 2.04 bits per heavy atom. The van der Waals surface area contributed by atoms with Crippen molar-refractivity contribution >= 4 is 31.5 Å². The highest BCUT2D eigenvalue weighted by Crippen LogP contribution is 2.29. The first-order chi connectivity index (χ1) is 12.6. The fourth-order valence-corrected chi connectivity index (χ4v) is 6.57. The molecule has 0 saturated carbocycles. The van der Waals surface area contributed by atoms with Crippen LogP contribution in [0.1, 0.15) is 31.7 Å². The van der Waals surface area contributed by atoms with E-state index in [-0.39, 0.29) is 29.3 Å². The van der Waals surface area contributed by atoms with E-state index in [1.165, 1.54) is 28.6 Å². The van der Waals surface area contributed by atoms with E-state index in [0.717, 1.165) is 5.56 Å². The van der Waals surface area contributed by atoms with Gasteiger partial charge in [-0.05, 0) is 54.3 Å². The smallest absolute Gasteiger partial charge is 0.223 e. The third-order valence-electron chi connectivity index (χ3n) is 4.87. The van der Waals surface area contributed by atoms with E-state index in [2.05, 4.69) is 0 Å². The van der Waals surface area contributed by atoms with E-state index in [4.69, 9.17) is 11.6 Å². The summed E-state index contributed by atoms with van der Waals surface area (Å²) in [7, 11) is -7.33. The molecule has 1 heterocycles. The third-order valence-corrected chi connectivity index (χ3v) is 9.20. The van der Waals surface area contributed by atoms with E-state index in [0.29, 0.717) is 10.9 Å². The molecule has 1 aliphatic heterocycles. The van der Waals surface area contributed by atoms with Crippen LogP contribution in [0.3, 0.4) is 0 Å². The fraction of sp³-hybridized carbons (Fsp3) is 0.368. The van der Waals surface area contributed by atoms with E-state index in [1.807, 2.05) is 13.8 Å². The first-order valence-electron chi connectivity index (χ1n) is 8.72. The van der Waals surface area contributed by atoms with Crippen molar-refractivity contribution in [2.45, 2.75) is 41.2 Å². The molecule has 1 fully saturated rings. The largest absolute Gasteiger partial charge is 0.243 e. The summed E-state index contributed by atoms with van der Waals surface area (Å²) in [4.78, 5) is 0.355. The van der Waals surface area contributed by atoms with Gasteiger partial charge in [0.15, 0.2) is 9.84 Å². The zero-order chi connectivity index (χ0) is 19.8. The zero-order valence-corrected chi connectivity index (χ0v) is 17.6. The summed E-state index contributed by atoms with van der Waals surface area (Å²) in [6, 6.07) is 12.7. The number of benzene rings is 2. The highest BCUT2D eigenvalue weighted by Gasteiger charge is 2.39. The number of nitrogens with zero attached hydrogens (tertiary/aromatic N) is 1. The Hall–Kier alpha value is -1.41. The Morgan fingerprint density at radius 1 is 0.926 bits per heavy atom. The molecular weight excluding hydrogens is 406 g/mol. The van der Waals surface area contributed by atoms with Crippen LogP contribution in [0.5, 0.6) is 0 Å². The maximum Gasteiger partial charge on any atom is 0.243 e. The predicted octanol–water partition coefficient (Wildman–Crippen LogP) is 3.70. The molecule has 8 heteroatoms. The van der Waals surface area contributed by atoms with Gasteiger partial charge in [-0.25, -0.2) is 16.8 Å². The van der Waals surface area contributed by atoms with Crippen LogP contribution < -0.4 is 0 Å². The molecule has 2 aromatic carbocycles. The summed E-state index contributed by atoms with van der Waals surface area (Å²) in [5.41, 5.74) is 1.05. The van der Waals surface area contributed by atoms with Crippen molar-refractivity contribution in [3.63, 3.8) is 0 Å². The average Bonchev–Trinajstić information content (AvgIpc) is 3.14. The summed E-state index contributed by atoms with van der Waals surface area (Å²) in [5.74, 6) is 0.308. The van der Waals surface area contributed by atoms with Gasteiger partial charge in [-0.1, -0.05) is 37.6 Å². The monoisotopic (exact) mass is 427 g/mol. The molecular formula is C19H22ClNO4S2. The van der Waals surface area contributed by atoms with E-state index >= 15 is 0 Å². The Kier molecular flexibility index (Phi) is 5.68. The Bertz CT molecular complexity index is 1010. The molecule has 1 saturated heterocycles. The molecule has 0 aliphatic carbocycles. The molecule has 2 aromatic rings. The second-order valence-corrected chi connectivity index (χ2v) is 11.6. The minimum Gasteiger partial charge on any atom is -0.223 e. The summed E-state index contributed by atoms with van der Waals surface area (Å²) in [6.45, 7) is 4.22. The van der Waals surface area contributed by atoms with E-state index < -0.39 is 25.1 Å². The summed E-state index contributed by atoms with van der Waals surface area (Å²) >= 11 is 5.82. The minimum absolute atomic E-state index is 0.0424. The summed E-state index contributed by atoms with van der Waals surface area (Å²) in [5, 5.41) is -0.308. The first-order valence-corrected chi connectivity index (χ1v) is 12.1. The summed E-state index contributed by atoms with van der Waals surface area (Å²) < 4.78 is 52.6. The van der Waals surface area contributed by atoms with Crippen molar-refractivity contribution in [2.24, 2.45) is 0 Å². The molecule has 0 N–H and O–H groups in total. The normalized spacial score (nSPS) is 18.9. The lowest BCUT2D eigenvalue weighted by Crippen LogP contribution is -2.32. The molecule has 1 atom stereocenters. The van der Waals surface area contributed by atoms with Crippen LogP contribution in [0.15, 0.2) is 58.3 Å². The van der Waals surface area contributed by atoms with Crippen molar-refractivity contribution in [2.75, 3.05) is 13.1 Å². The molecule has 27 heavy (non-hydrogen) atoms. The lowest BCUT2D eigenvalue weighted by Gasteiger charge is -2.17. The van der Waals surface area contributed by atoms with Crippen LogP contribution in [-0.2, 0) is 19.9 Å². The Labute approximate surface area is 165 Å². The number of sulfonamides is 1. The van der Waals surface area contributed by atoms with Gasteiger partial charge in [-0.15, -0.1) is 0 Å². The van der Waals surface area contributed by atoms with Crippen LogP contribution in [0.4, 0.5) is 0 Å². The number of hydrogen-bond acceptors (Lipinski definition) is 4. The minimum atomic E-state index is -3.72. The fourth-order valence-electron chi connectivity index (χ4n) is 3.16. The van der Waals surface area contributed by atoms with Gasteiger partial charge < -0.3 is 0 Å². The van der Waals surface area contributed by atoms with E-state index in [1.54, 1.807) is 24.3 Å². The highest BCUT2D eigenvalue weighted by molar-refractivity contribution is 7.92. The van der Waals surface area contributed by atoms with Crippen LogP contribution in [-0.4, -0.2) is 39.5 Å². The molecule has 0 radical (unpaired) electrons. The van der Waals surface area contributed by atoms with Crippen LogP contribution in [0.2, 0.25) is 5.02 Å². The van der Waals surface area contributed by atoms with Crippen molar-refractivity contribution in [1.29, 1.82) is 0 Å². The lowest BCUT2D eigenvalue weighted by atomic mass is 10.0. The van der Waals surface area contributed by atoms with Gasteiger partial charge in [0.05, 0.1) is 15.0 Å².